The number of nitrogens with zero attached hydrogens (tertiary/aromatic N) is 3. The van der Waals surface area contributed by atoms with E-state index in [-0.39, 0.29) is 17.2 Å². The number of sulfonamides is 1. The molecule has 0 saturated carbocycles. The summed E-state index contributed by atoms with van der Waals surface area (Å²) >= 11 is 0. The van der Waals surface area contributed by atoms with Crippen molar-refractivity contribution >= 4 is 33.5 Å². The molecular formula is C29H26N4O6S. The van der Waals surface area contributed by atoms with Crippen molar-refractivity contribution in [3.8, 4) is 5.75 Å². The summed E-state index contributed by atoms with van der Waals surface area (Å²) in [4.78, 5) is 23.1. The van der Waals surface area contributed by atoms with Gasteiger partial charge >= 0.3 is 0 Å². The second kappa shape index (κ2) is 12.7. The summed E-state index contributed by atoms with van der Waals surface area (Å²) in [6.45, 7) is 1.55. The van der Waals surface area contributed by atoms with Gasteiger partial charge in [-0.3, -0.25) is 19.2 Å². The maximum atomic E-state index is 13.4. The molecule has 0 atom stereocenters. The quantitative estimate of drug-likeness (QED) is 0.159. The predicted molar refractivity (Wildman–Crippen MR) is 152 cm³/mol. The largest absolute Gasteiger partial charge is 0.489 e. The highest BCUT2D eigenvalue weighted by molar-refractivity contribution is 7.92. The number of hydrazone groups is 1. The van der Waals surface area contributed by atoms with Crippen molar-refractivity contribution in [2.45, 2.75) is 18.4 Å². The number of carbonyl (C=O) groups is 1. The predicted octanol–water partition coefficient (Wildman–Crippen LogP) is 4.83. The number of carbonyl (C=O) groups excluding carboxylic acids is 1. The van der Waals surface area contributed by atoms with Crippen LogP contribution in [-0.4, -0.2) is 32.0 Å². The fourth-order valence-electron chi connectivity index (χ4n) is 3.74. The van der Waals surface area contributed by atoms with Gasteiger partial charge in [-0.05, 0) is 78.2 Å². The summed E-state index contributed by atoms with van der Waals surface area (Å²) in [6, 6.07) is 27.9. The Balaban J connectivity index is 1.37. The Morgan fingerprint density at radius 3 is 2.25 bits per heavy atom. The van der Waals surface area contributed by atoms with Crippen LogP contribution in [0.3, 0.4) is 0 Å². The van der Waals surface area contributed by atoms with Crippen molar-refractivity contribution in [3.05, 3.63) is 130 Å². The van der Waals surface area contributed by atoms with Gasteiger partial charge in [-0.2, -0.15) is 5.10 Å². The Morgan fingerprint density at radius 2 is 1.60 bits per heavy atom. The number of benzene rings is 4. The van der Waals surface area contributed by atoms with Gasteiger partial charge in [-0.25, -0.2) is 13.8 Å². The number of hydrogen-bond acceptors (Lipinski definition) is 7. The zero-order valence-electron chi connectivity index (χ0n) is 21.5. The van der Waals surface area contributed by atoms with E-state index in [1.807, 2.05) is 0 Å². The first kappa shape index (κ1) is 28.0. The molecule has 204 valence electrons. The number of ether oxygens (including phenoxy) is 1. The lowest BCUT2D eigenvalue weighted by Gasteiger charge is -2.25. The van der Waals surface area contributed by atoms with Gasteiger partial charge in [0, 0.05) is 12.1 Å². The van der Waals surface area contributed by atoms with Crippen LogP contribution in [0.2, 0.25) is 0 Å². The van der Waals surface area contributed by atoms with Gasteiger partial charge in [-0.1, -0.05) is 36.4 Å². The van der Waals surface area contributed by atoms with Crippen LogP contribution < -0.4 is 14.5 Å². The Bertz CT molecular complexity index is 1610. The molecular weight excluding hydrogens is 532 g/mol. The summed E-state index contributed by atoms with van der Waals surface area (Å²) in [7, 11) is -4.01. The molecule has 0 radical (unpaired) electrons. The average Bonchev–Trinajstić information content (AvgIpc) is 2.96. The zero-order valence-corrected chi connectivity index (χ0v) is 22.3. The summed E-state index contributed by atoms with van der Waals surface area (Å²) < 4.78 is 33.6. The van der Waals surface area contributed by atoms with Crippen LogP contribution in [0.5, 0.6) is 5.75 Å². The lowest BCUT2D eigenvalue weighted by atomic mass is 10.2. The van der Waals surface area contributed by atoms with E-state index in [1.54, 1.807) is 85.8 Å². The maximum absolute atomic E-state index is 13.4. The maximum Gasteiger partial charge on any atom is 0.269 e. The van der Waals surface area contributed by atoms with Crippen LogP contribution in [0.1, 0.15) is 16.7 Å². The molecule has 11 heteroatoms. The minimum atomic E-state index is -4.01. The molecule has 0 heterocycles. The monoisotopic (exact) mass is 558 g/mol. The molecule has 0 aliphatic carbocycles. The van der Waals surface area contributed by atoms with E-state index in [9.17, 15) is 23.3 Å². The second-order valence-corrected chi connectivity index (χ2v) is 10.5. The molecule has 0 spiro atoms. The molecule has 40 heavy (non-hydrogen) atoms. The Morgan fingerprint density at radius 1 is 0.950 bits per heavy atom. The van der Waals surface area contributed by atoms with E-state index in [2.05, 4.69) is 10.5 Å². The molecule has 0 bridgehead atoms. The lowest BCUT2D eigenvalue weighted by Crippen LogP contribution is -2.40. The van der Waals surface area contributed by atoms with Crippen LogP contribution in [0.25, 0.3) is 0 Å². The number of para-hydroxylation sites is 1. The van der Waals surface area contributed by atoms with E-state index in [0.717, 1.165) is 9.87 Å². The number of rotatable bonds is 11. The van der Waals surface area contributed by atoms with Gasteiger partial charge in [0.25, 0.3) is 21.6 Å². The average molecular weight is 559 g/mol. The van der Waals surface area contributed by atoms with Crippen LogP contribution in [0, 0.1) is 17.0 Å². The van der Waals surface area contributed by atoms with E-state index in [4.69, 9.17) is 4.74 Å². The SMILES string of the molecule is Cc1ccccc1N(CC(=O)N/N=C\c1ccc(OCc2ccc([N+](=O)[O-])cc2)cc1)S(=O)(=O)c1ccccc1. The van der Waals surface area contributed by atoms with E-state index in [0.29, 0.717) is 22.6 Å². The molecule has 4 aromatic carbocycles. The van der Waals surface area contributed by atoms with Crippen molar-refractivity contribution in [2.24, 2.45) is 5.10 Å². The minimum absolute atomic E-state index is 0.0141. The zero-order chi connectivity index (χ0) is 28.5. The number of nitro benzene ring substituents is 1. The van der Waals surface area contributed by atoms with Crippen molar-refractivity contribution in [3.63, 3.8) is 0 Å². The summed E-state index contributed by atoms with van der Waals surface area (Å²) in [5.74, 6) is -0.0263. The second-order valence-electron chi connectivity index (χ2n) is 8.69. The lowest BCUT2D eigenvalue weighted by molar-refractivity contribution is -0.384. The fourth-order valence-corrected chi connectivity index (χ4v) is 5.24. The van der Waals surface area contributed by atoms with Gasteiger partial charge in [-0.15, -0.1) is 0 Å². The van der Waals surface area contributed by atoms with Gasteiger partial charge in [0.15, 0.2) is 0 Å². The van der Waals surface area contributed by atoms with Gasteiger partial charge in [0.1, 0.15) is 18.9 Å². The summed E-state index contributed by atoms with van der Waals surface area (Å²) in [5, 5.41) is 14.7. The Labute approximate surface area is 231 Å². The number of nitro groups is 1. The summed E-state index contributed by atoms with van der Waals surface area (Å²) in [5.41, 5.74) is 4.97. The Kier molecular flexibility index (Phi) is 8.87. The summed E-state index contributed by atoms with van der Waals surface area (Å²) in [6.07, 6.45) is 1.43. The van der Waals surface area contributed by atoms with Gasteiger partial charge in [0.2, 0.25) is 0 Å². The first-order valence-electron chi connectivity index (χ1n) is 12.2. The van der Waals surface area contributed by atoms with Gasteiger partial charge < -0.3 is 4.74 Å². The molecule has 4 rings (SSSR count). The van der Waals surface area contributed by atoms with Gasteiger partial charge in [0.05, 0.1) is 21.7 Å². The standard InChI is InChI=1S/C29H26N4O6S/c1-22-7-5-6-10-28(22)32(40(37,38)27-8-3-2-4-9-27)20-29(34)31-30-19-23-13-17-26(18-14-23)39-21-24-11-15-25(16-12-24)33(35)36/h2-19H,20-21H2,1H3,(H,31,34)/b30-19-. The number of nitrogens with one attached hydrogen (secondary N) is 1. The van der Waals surface area contributed by atoms with Crippen molar-refractivity contribution < 1.29 is 22.9 Å². The molecule has 0 aromatic heterocycles. The first-order valence-corrected chi connectivity index (χ1v) is 13.6. The molecule has 0 fully saturated rings. The molecule has 0 aliphatic rings. The van der Waals surface area contributed by atoms with E-state index in [1.165, 1.54) is 30.5 Å². The Hall–Kier alpha value is -5.03. The van der Waals surface area contributed by atoms with Crippen LogP contribution in [-0.2, 0) is 21.4 Å². The normalized spacial score (nSPS) is 11.2. The third-order valence-electron chi connectivity index (χ3n) is 5.84. The van der Waals surface area contributed by atoms with Crippen LogP contribution >= 0.6 is 0 Å². The molecule has 0 unspecified atom stereocenters. The number of hydrogen-bond donors (Lipinski definition) is 1. The van der Waals surface area contributed by atoms with E-state index >= 15 is 0 Å². The topological polar surface area (TPSA) is 131 Å². The molecule has 1 N–H and O–H groups in total. The van der Waals surface area contributed by atoms with Crippen molar-refractivity contribution in [1.82, 2.24) is 5.43 Å². The fraction of sp³-hybridized carbons (Fsp3) is 0.103. The number of non-ortho nitro benzene ring substituents is 1. The van der Waals surface area contributed by atoms with Crippen molar-refractivity contribution in [1.29, 1.82) is 0 Å². The molecule has 10 nitrogen and oxygen atoms in total. The molecule has 0 aliphatic heterocycles. The minimum Gasteiger partial charge on any atom is -0.489 e. The molecule has 1 amide bonds. The number of aryl methyl sites for hydroxylation is 1. The highest BCUT2D eigenvalue weighted by Crippen LogP contribution is 2.26. The molecule has 4 aromatic rings. The van der Waals surface area contributed by atoms with Crippen LogP contribution in [0.15, 0.2) is 113 Å². The highest BCUT2D eigenvalue weighted by atomic mass is 32.2. The number of amides is 1. The highest BCUT2D eigenvalue weighted by Gasteiger charge is 2.28. The smallest absolute Gasteiger partial charge is 0.269 e. The van der Waals surface area contributed by atoms with Crippen LogP contribution in [0.4, 0.5) is 11.4 Å². The molecule has 0 saturated heterocycles. The van der Waals surface area contributed by atoms with Crippen molar-refractivity contribution in [2.75, 3.05) is 10.8 Å². The third kappa shape index (κ3) is 7.08. The first-order chi connectivity index (χ1) is 19.2. The van der Waals surface area contributed by atoms with E-state index < -0.39 is 27.4 Å². The third-order valence-corrected chi connectivity index (χ3v) is 7.61. The number of anilines is 1.